The van der Waals surface area contributed by atoms with Crippen LogP contribution in [-0.4, -0.2) is 20.6 Å². The van der Waals surface area contributed by atoms with Gasteiger partial charge in [0.2, 0.25) is 0 Å². The highest BCUT2D eigenvalue weighted by atomic mass is 32.1. The standard InChI is InChI=1S/C21H19N3O2S2/c1-2-24-20(25)18-10-4-3-9-17(18)19(22-24)21(26)23(13-15-7-5-11-27-15)14-16-8-6-12-28-16/h3-12H,2,13-14H2,1H3. The lowest BCUT2D eigenvalue weighted by Crippen LogP contribution is -2.33. The van der Waals surface area contributed by atoms with Gasteiger partial charge in [-0.1, -0.05) is 30.3 Å². The van der Waals surface area contributed by atoms with E-state index in [0.717, 1.165) is 9.75 Å². The highest BCUT2D eigenvalue weighted by Gasteiger charge is 2.23. The van der Waals surface area contributed by atoms with Crippen molar-refractivity contribution in [2.45, 2.75) is 26.6 Å². The number of hydrogen-bond acceptors (Lipinski definition) is 5. The fourth-order valence-corrected chi connectivity index (χ4v) is 4.58. The monoisotopic (exact) mass is 409 g/mol. The SMILES string of the molecule is CCn1nc(C(=O)N(Cc2cccs2)Cc2cccs2)c2ccccc2c1=O. The molecule has 3 aromatic heterocycles. The first-order valence-electron chi connectivity index (χ1n) is 9.01. The van der Waals surface area contributed by atoms with Crippen molar-refractivity contribution in [1.82, 2.24) is 14.7 Å². The average molecular weight is 410 g/mol. The molecule has 0 aliphatic carbocycles. The highest BCUT2D eigenvalue weighted by molar-refractivity contribution is 7.10. The van der Waals surface area contributed by atoms with Gasteiger partial charge in [-0.2, -0.15) is 5.10 Å². The maximum Gasteiger partial charge on any atom is 0.275 e. The zero-order chi connectivity index (χ0) is 19.5. The van der Waals surface area contributed by atoms with E-state index in [-0.39, 0.29) is 11.5 Å². The predicted octanol–water partition coefficient (Wildman–Crippen LogP) is 4.38. The van der Waals surface area contributed by atoms with Crippen molar-refractivity contribution < 1.29 is 4.79 Å². The van der Waals surface area contributed by atoms with Gasteiger partial charge in [0, 0.05) is 21.7 Å². The molecule has 7 heteroatoms. The first-order valence-corrected chi connectivity index (χ1v) is 10.8. The molecule has 0 bridgehead atoms. The van der Waals surface area contributed by atoms with Crippen molar-refractivity contribution in [2.75, 3.05) is 0 Å². The molecule has 0 fully saturated rings. The van der Waals surface area contributed by atoms with Crippen LogP contribution < -0.4 is 5.56 Å². The van der Waals surface area contributed by atoms with E-state index < -0.39 is 0 Å². The van der Waals surface area contributed by atoms with Crippen molar-refractivity contribution in [3.05, 3.63) is 85.1 Å². The summed E-state index contributed by atoms with van der Waals surface area (Å²) in [6.45, 7) is 3.29. The van der Waals surface area contributed by atoms with Crippen molar-refractivity contribution in [3.8, 4) is 0 Å². The van der Waals surface area contributed by atoms with Crippen LogP contribution in [-0.2, 0) is 19.6 Å². The van der Waals surface area contributed by atoms with Crippen LogP contribution in [0.3, 0.4) is 0 Å². The molecule has 0 aliphatic heterocycles. The molecule has 0 atom stereocenters. The Morgan fingerprint density at radius 1 is 0.964 bits per heavy atom. The first kappa shape index (κ1) is 18.6. The van der Waals surface area contributed by atoms with Crippen LogP contribution in [0.15, 0.2) is 64.1 Å². The fraction of sp³-hybridized carbons (Fsp3) is 0.190. The van der Waals surface area contributed by atoms with Gasteiger partial charge in [-0.25, -0.2) is 4.68 Å². The van der Waals surface area contributed by atoms with Gasteiger partial charge in [0.15, 0.2) is 5.69 Å². The molecule has 1 amide bonds. The van der Waals surface area contributed by atoms with Crippen LogP contribution in [0.2, 0.25) is 0 Å². The summed E-state index contributed by atoms with van der Waals surface area (Å²) in [6.07, 6.45) is 0. The van der Waals surface area contributed by atoms with Crippen molar-refractivity contribution in [3.63, 3.8) is 0 Å². The second-order valence-electron chi connectivity index (χ2n) is 6.34. The van der Waals surface area contributed by atoms with Crippen LogP contribution in [0.5, 0.6) is 0 Å². The Morgan fingerprint density at radius 3 is 2.11 bits per heavy atom. The Morgan fingerprint density at radius 2 is 1.57 bits per heavy atom. The Balaban J connectivity index is 1.79. The van der Waals surface area contributed by atoms with E-state index in [2.05, 4.69) is 5.10 Å². The molecule has 0 aliphatic rings. The minimum absolute atomic E-state index is 0.166. The molecule has 5 nitrogen and oxygen atoms in total. The molecule has 4 aromatic rings. The van der Waals surface area contributed by atoms with Gasteiger partial charge in [0.05, 0.1) is 18.5 Å². The number of benzene rings is 1. The lowest BCUT2D eigenvalue weighted by Gasteiger charge is -2.22. The lowest BCUT2D eigenvalue weighted by atomic mass is 10.1. The third kappa shape index (κ3) is 3.63. The number of nitrogens with zero attached hydrogens (tertiary/aromatic N) is 3. The zero-order valence-corrected chi connectivity index (χ0v) is 17.0. The number of carbonyl (C=O) groups excluding carboxylic acids is 1. The number of carbonyl (C=O) groups is 1. The molecule has 28 heavy (non-hydrogen) atoms. The lowest BCUT2D eigenvalue weighted by molar-refractivity contribution is 0.0727. The Labute approximate surface area is 170 Å². The zero-order valence-electron chi connectivity index (χ0n) is 15.4. The third-order valence-corrected chi connectivity index (χ3v) is 6.23. The predicted molar refractivity (Wildman–Crippen MR) is 114 cm³/mol. The van der Waals surface area contributed by atoms with E-state index in [1.165, 1.54) is 4.68 Å². The summed E-state index contributed by atoms with van der Waals surface area (Å²) in [5.41, 5.74) is 0.155. The fourth-order valence-electron chi connectivity index (χ4n) is 3.14. The summed E-state index contributed by atoms with van der Waals surface area (Å²) in [4.78, 5) is 30.2. The largest absolute Gasteiger partial charge is 0.327 e. The van der Waals surface area contributed by atoms with Crippen LogP contribution in [0.1, 0.15) is 27.2 Å². The quantitative estimate of drug-likeness (QED) is 0.475. The normalized spacial score (nSPS) is 11.0. The summed E-state index contributed by atoms with van der Waals surface area (Å²) in [5, 5.41) is 9.56. The molecule has 0 spiro atoms. The molecule has 4 rings (SSSR count). The summed E-state index contributed by atoms with van der Waals surface area (Å²) in [6, 6.07) is 15.2. The van der Waals surface area contributed by atoms with Crippen LogP contribution in [0, 0.1) is 0 Å². The van der Waals surface area contributed by atoms with Gasteiger partial charge in [-0.3, -0.25) is 9.59 Å². The molecule has 0 N–H and O–H groups in total. The smallest absolute Gasteiger partial charge is 0.275 e. The molecular formula is C21H19N3O2S2. The van der Waals surface area contributed by atoms with Gasteiger partial charge in [0.1, 0.15) is 0 Å². The Hall–Kier alpha value is -2.77. The Bertz CT molecular complexity index is 1110. The van der Waals surface area contributed by atoms with Crippen molar-refractivity contribution in [2.24, 2.45) is 0 Å². The van der Waals surface area contributed by atoms with E-state index in [4.69, 9.17) is 0 Å². The number of amides is 1. The van der Waals surface area contributed by atoms with E-state index in [1.807, 2.05) is 54.1 Å². The van der Waals surface area contributed by atoms with Crippen LogP contribution in [0.25, 0.3) is 10.8 Å². The van der Waals surface area contributed by atoms with Gasteiger partial charge >= 0.3 is 0 Å². The molecule has 0 radical (unpaired) electrons. The van der Waals surface area contributed by atoms with E-state index in [9.17, 15) is 9.59 Å². The van der Waals surface area contributed by atoms with E-state index >= 15 is 0 Å². The van der Waals surface area contributed by atoms with Crippen molar-refractivity contribution in [1.29, 1.82) is 0 Å². The topological polar surface area (TPSA) is 55.2 Å². The van der Waals surface area contributed by atoms with Crippen LogP contribution >= 0.6 is 22.7 Å². The summed E-state index contributed by atoms with van der Waals surface area (Å²) in [5.74, 6) is -0.166. The summed E-state index contributed by atoms with van der Waals surface area (Å²) in [7, 11) is 0. The molecule has 142 valence electrons. The molecular weight excluding hydrogens is 390 g/mol. The van der Waals surface area contributed by atoms with Gasteiger partial charge in [-0.15, -0.1) is 22.7 Å². The minimum atomic E-state index is -0.169. The summed E-state index contributed by atoms with van der Waals surface area (Å²) >= 11 is 3.25. The second-order valence-corrected chi connectivity index (χ2v) is 8.40. The maximum absolute atomic E-state index is 13.5. The first-order chi connectivity index (χ1) is 13.7. The number of aryl methyl sites for hydroxylation is 1. The van der Waals surface area contributed by atoms with Crippen LogP contribution in [0.4, 0.5) is 0 Å². The number of aromatic nitrogens is 2. The van der Waals surface area contributed by atoms with Crippen molar-refractivity contribution >= 4 is 39.4 Å². The van der Waals surface area contributed by atoms with Gasteiger partial charge < -0.3 is 4.90 Å². The number of thiophene rings is 2. The van der Waals surface area contributed by atoms with E-state index in [1.54, 1.807) is 39.7 Å². The van der Waals surface area contributed by atoms with Gasteiger partial charge in [0.25, 0.3) is 11.5 Å². The molecule has 0 unspecified atom stereocenters. The highest BCUT2D eigenvalue weighted by Crippen LogP contribution is 2.21. The molecule has 1 aromatic carbocycles. The molecule has 0 saturated heterocycles. The van der Waals surface area contributed by atoms with E-state index in [0.29, 0.717) is 36.1 Å². The minimum Gasteiger partial charge on any atom is -0.327 e. The Kier molecular flexibility index (Phi) is 5.36. The number of rotatable bonds is 6. The van der Waals surface area contributed by atoms with Gasteiger partial charge in [-0.05, 0) is 35.9 Å². The number of fused-ring (bicyclic) bond motifs is 1. The molecule has 3 heterocycles. The maximum atomic E-state index is 13.5. The second kappa shape index (κ2) is 8.08. The third-order valence-electron chi connectivity index (χ3n) is 4.51. The number of hydrogen-bond donors (Lipinski definition) is 0. The average Bonchev–Trinajstić information content (AvgIpc) is 3.42. The molecule has 0 saturated carbocycles. The summed E-state index contributed by atoms with van der Waals surface area (Å²) < 4.78 is 1.37.